The SMILES string of the molecule is O=C(Nc1nc2ccc(Sc3cnc4ccc(-c5cccc(F)c5)cn34)cc2s1)C1CC1. The second-order valence-electron chi connectivity index (χ2n) is 7.77. The molecule has 8 heteroatoms. The van der Waals surface area contributed by atoms with Crippen LogP contribution in [0.2, 0.25) is 0 Å². The molecule has 3 aromatic heterocycles. The first-order valence-electron chi connectivity index (χ1n) is 10.2. The van der Waals surface area contributed by atoms with Crippen LogP contribution in [-0.2, 0) is 4.79 Å². The van der Waals surface area contributed by atoms with E-state index in [-0.39, 0.29) is 17.6 Å². The Morgan fingerprint density at radius 2 is 2.03 bits per heavy atom. The molecule has 158 valence electrons. The first-order chi connectivity index (χ1) is 15.6. The predicted molar refractivity (Wildman–Crippen MR) is 126 cm³/mol. The van der Waals surface area contributed by atoms with Crippen molar-refractivity contribution >= 4 is 50.0 Å². The Balaban J connectivity index is 1.29. The summed E-state index contributed by atoms with van der Waals surface area (Å²) < 4.78 is 16.7. The number of halogens is 1. The Kier molecular flexibility index (Phi) is 4.69. The number of fused-ring (bicyclic) bond motifs is 2. The van der Waals surface area contributed by atoms with Gasteiger partial charge in [-0.05, 0) is 66.4 Å². The summed E-state index contributed by atoms with van der Waals surface area (Å²) in [5.74, 6) is -0.0348. The quantitative estimate of drug-likeness (QED) is 0.337. The van der Waals surface area contributed by atoms with Gasteiger partial charge in [0, 0.05) is 17.0 Å². The van der Waals surface area contributed by atoms with Crippen molar-refractivity contribution in [3.05, 3.63) is 72.8 Å². The number of hydrogen-bond donors (Lipinski definition) is 1. The van der Waals surface area contributed by atoms with Crippen LogP contribution in [0.15, 0.2) is 76.9 Å². The maximum absolute atomic E-state index is 13.7. The summed E-state index contributed by atoms with van der Waals surface area (Å²) in [6, 6.07) is 16.5. The fraction of sp³-hybridized carbons (Fsp3) is 0.125. The highest BCUT2D eigenvalue weighted by atomic mass is 32.2. The molecular formula is C24H17FN4OS2. The molecule has 3 heterocycles. The lowest BCUT2D eigenvalue weighted by Gasteiger charge is -2.06. The number of nitrogens with zero attached hydrogens (tertiary/aromatic N) is 3. The second kappa shape index (κ2) is 7.72. The Hall–Kier alpha value is -3.23. The predicted octanol–water partition coefficient (Wildman–Crippen LogP) is 6.25. The third-order valence-corrected chi connectivity index (χ3v) is 7.32. The van der Waals surface area contributed by atoms with Crippen LogP contribution in [-0.4, -0.2) is 20.3 Å². The van der Waals surface area contributed by atoms with Gasteiger partial charge < -0.3 is 5.32 Å². The molecule has 1 amide bonds. The van der Waals surface area contributed by atoms with E-state index in [4.69, 9.17) is 0 Å². The molecule has 1 aliphatic carbocycles. The van der Waals surface area contributed by atoms with Gasteiger partial charge in [0.05, 0.1) is 16.4 Å². The third-order valence-electron chi connectivity index (χ3n) is 5.39. The smallest absolute Gasteiger partial charge is 0.229 e. The molecule has 0 atom stereocenters. The summed E-state index contributed by atoms with van der Waals surface area (Å²) in [5.41, 5.74) is 3.45. The zero-order valence-electron chi connectivity index (χ0n) is 16.8. The minimum absolute atomic E-state index is 0.0680. The standard InChI is InChI=1S/C24H17FN4OS2/c25-17-3-1-2-15(10-17)16-6-9-21-26-12-22(29(21)13-16)31-18-7-8-19-20(11-18)32-24(27-19)28-23(30)14-4-5-14/h1-3,6-14H,4-5H2,(H,27,28,30). The van der Waals surface area contributed by atoms with E-state index in [0.29, 0.717) is 5.13 Å². The normalized spacial score (nSPS) is 13.7. The largest absolute Gasteiger partial charge is 0.302 e. The molecule has 1 saturated carbocycles. The molecule has 0 aliphatic heterocycles. The molecule has 0 spiro atoms. The van der Waals surface area contributed by atoms with Gasteiger partial charge in [0.25, 0.3) is 0 Å². The van der Waals surface area contributed by atoms with Crippen LogP contribution in [0.3, 0.4) is 0 Å². The number of imidazole rings is 1. The summed E-state index contributed by atoms with van der Waals surface area (Å²) in [7, 11) is 0. The lowest BCUT2D eigenvalue weighted by atomic mass is 10.1. The topological polar surface area (TPSA) is 59.3 Å². The van der Waals surface area contributed by atoms with Crippen molar-refractivity contribution < 1.29 is 9.18 Å². The molecule has 0 saturated heterocycles. The number of thiazole rings is 1. The van der Waals surface area contributed by atoms with Crippen molar-refractivity contribution in [2.24, 2.45) is 5.92 Å². The number of anilines is 1. The number of pyridine rings is 1. The van der Waals surface area contributed by atoms with E-state index in [1.54, 1.807) is 17.8 Å². The maximum atomic E-state index is 13.7. The molecule has 5 aromatic rings. The van der Waals surface area contributed by atoms with Gasteiger partial charge in [-0.1, -0.05) is 35.2 Å². The molecule has 1 N–H and O–H groups in total. The van der Waals surface area contributed by atoms with E-state index >= 15 is 0 Å². The van der Waals surface area contributed by atoms with Crippen LogP contribution in [0.25, 0.3) is 27.0 Å². The molecule has 5 nitrogen and oxygen atoms in total. The summed E-state index contributed by atoms with van der Waals surface area (Å²) in [5, 5.41) is 4.54. The van der Waals surface area contributed by atoms with Gasteiger partial charge >= 0.3 is 0 Å². The Bertz CT molecular complexity index is 1490. The third kappa shape index (κ3) is 3.76. The fourth-order valence-corrected chi connectivity index (χ4v) is 5.46. The van der Waals surface area contributed by atoms with E-state index < -0.39 is 0 Å². The zero-order chi connectivity index (χ0) is 21.7. The van der Waals surface area contributed by atoms with Crippen molar-refractivity contribution in [3.8, 4) is 11.1 Å². The van der Waals surface area contributed by atoms with Gasteiger partial charge in [0.15, 0.2) is 5.13 Å². The molecular weight excluding hydrogens is 443 g/mol. The summed E-state index contributed by atoms with van der Waals surface area (Å²) in [6.07, 6.45) is 5.76. The molecule has 6 rings (SSSR count). The summed E-state index contributed by atoms with van der Waals surface area (Å²) >= 11 is 3.09. The first-order valence-corrected chi connectivity index (χ1v) is 11.9. The monoisotopic (exact) mass is 460 g/mol. The van der Waals surface area contributed by atoms with Gasteiger partial charge in [-0.15, -0.1) is 0 Å². The van der Waals surface area contributed by atoms with Crippen LogP contribution in [0.1, 0.15) is 12.8 Å². The Morgan fingerprint density at radius 3 is 2.88 bits per heavy atom. The lowest BCUT2D eigenvalue weighted by molar-refractivity contribution is -0.117. The van der Waals surface area contributed by atoms with Gasteiger partial charge in [0.2, 0.25) is 5.91 Å². The number of rotatable bonds is 5. The van der Waals surface area contributed by atoms with Crippen LogP contribution in [0, 0.1) is 11.7 Å². The van der Waals surface area contributed by atoms with Crippen molar-refractivity contribution in [1.82, 2.24) is 14.4 Å². The van der Waals surface area contributed by atoms with E-state index in [1.165, 1.54) is 23.5 Å². The Labute approximate surface area is 191 Å². The maximum Gasteiger partial charge on any atom is 0.229 e. The zero-order valence-corrected chi connectivity index (χ0v) is 18.4. The lowest BCUT2D eigenvalue weighted by Crippen LogP contribution is -2.12. The van der Waals surface area contributed by atoms with Crippen LogP contribution in [0.5, 0.6) is 0 Å². The van der Waals surface area contributed by atoms with Crippen molar-refractivity contribution in [1.29, 1.82) is 0 Å². The first kappa shape index (κ1) is 19.5. The number of amides is 1. The highest BCUT2D eigenvalue weighted by Crippen LogP contribution is 2.36. The summed E-state index contributed by atoms with van der Waals surface area (Å²) in [4.78, 5) is 22.1. The van der Waals surface area contributed by atoms with E-state index in [1.807, 2.05) is 47.1 Å². The number of aromatic nitrogens is 3. The van der Waals surface area contributed by atoms with Gasteiger partial charge in [0.1, 0.15) is 16.5 Å². The average Bonchev–Trinajstić information content (AvgIpc) is 3.47. The number of nitrogens with one attached hydrogen (secondary N) is 1. The second-order valence-corrected chi connectivity index (χ2v) is 9.89. The molecule has 32 heavy (non-hydrogen) atoms. The van der Waals surface area contributed by atoms with Crippen molar-refractivity contribution in [3.63, 3.8) is 0 Å². The number of carbonyl (C=O) groups is 1. The minimum atomic E-state index is -0.256. The van der Waals surface area contributed by atoms with Gasteiger partial charge in [-0.2, -0.15) is 0 Å². The summed E-state index contributed by atoms with van der Waals surface area (Å²) in [6.45, 7) is 0. The minimum Gasteiger partial charge on any atom is -0.302 e. The van der Waals surface area contributed by atoms with Gasteiger partial charge in [-0.3, -0.25) is 9.20 Å². The van der Waals surface area contributed by atoms with Crippen molar-refractivity contribution in [2.45, 2.75) is 22.8 Å². The van der Waals surface area contributed by atoms with Crippen molar-refractivity contribution in [2.75, 3.05) is 5.32 Å². The van der Waals surface area contributed by atoms with E-state index in [9.17, 15) is 9.18 Å². The number of benzene rings is 2. The van der Waals surface area contributed by atoms with Crippen LogP contribution >= 0.6 is 23.1 Å². The molecule has 2 aromatic carbocycles. The fourth-order valence-electron chi connectivity index (χ4n) is 3.57. The molecule has 1 aliphatic rings. The molecule has 1 fully saturated rings. The number of hydrogen-bond acceptors (Lipinski definition) is 5. The molecule has 0 radical (unpaired) electrons. The van der Waals surface area contributed by atoms with Crippen LogP contribution in [0.4, 0.5) is 9.52 Å². The van der Waals surface area contributed by atoms with E-state index in [2.05, 4.69) is 21.4 Å². The highest BCUT2D eigenvalue weighted by molar-refractivity contribution is 7.99. The average molecular weight is 461 g/mol. The molecule has 0 bridgehead atoms. The van der Waals surface area contributed by atoms with Crippen LogP contribution < -0.4 is 5.32 Å². The van der Waals surface area contributed by atoms with Gasteiger partial charge in [-0.25, -0.2) is 14.4 Å². The number of carbonyl (C=O) groups excluding carboxylic acids is 1. The molecule has 0 unspecified atom stereocenters. The van der Waals surface area contributed by atoms with E-state index in [0.717, 1.165) is 49.8 Å². The highest BCUT2D eigenvalue weighted by Gasteiger charge is 2.30. The Morgan fingerprint density at radius 1 is 1.12 bits per heavy atom.